The molecule has 0 saturated carbocycles. The van der Waals surface area contributed by atoms with E-state index in [1.807, 2.05) is 45.0 Å². The first-order chi connectivity index (χ1) is 13.4. The number of aliphatic hydroxyl groups is 1. The molecule has 0 saturated heterocycles. The van der Waals surface area contributed by atoms with Crippen molar-refractivity contribution in [1.29, 1.82) is 0 Å². The van der Waals surface area contributed by atoms with Gasteiger partial charge in [0.15, 0.2) is 17.5 Å². The van der Waals surface area contributed by atoms with Crippen LogP contribution >= 0.6 is 0 Å². The molecule has 0 fully saturated rings. The molecule has 1 unspecified atom stereocenters. The molecule has 0 spiro atoms. The molecule has 1 aliphatic heterocycles. The third kappa shape index (κ3) is 4.78. The lowest BCUT2D eigenvalue weighted by Gasteiger charge is -2.21. The van der Waals surface area contributed by atoms with Crippen molar-refractivity contribution in [3.8, 4) is 11.5 Å². The summed E-state index contributed by atoms with van der Waals surface area (Å²) in [6.45, 7) is 9.45. The number of guanidine groups is 1. The number of fused-ring (bicyclic) bond motifs is 1. The average molecular weight is 387 g/mol. The molecule has 2 aromatic rings. The van der Waals surface area contributed by atoms with E-state index in [9.17, 15) is 5.11 Å². The number of aryl methyl sites for hydroxylation is 2. The Bertz CT molecular complexity index is 842. The molecule has 2 heterocycles. The molecule has 1 atom stereocenters. The van der Waals surface area contributed by atoms with Gasteiger partial charge in [-0.15, -0.1) is 0 Å². The second-order valence-corrected chi connectivity index (χ2v) is 7.16. The van der Waals surface area contributed by atoms with Gasteiger partial charge < -0.3 is 29.6 Å². The molecule has 1 aliphatic rings. The van der Waals surface area contributed by atoms with Gasteiger partial charge in [-0.25, -0.2) is 4.99 Å². The highest BCUT2D eigenvalue weighted by atomic mass is 16.7. The molecule has 152 valence electrons. The minimum atomic E-state index is -1.10. The van der Waals surface area contributed by atoms with Crippen LogP contribution in [0.3, 0.4) is 0 Å². The lowest BCUT2D eigenvalue weighted by molar-refractivity contribution is 0.0657. The number of hydrogen-bond donors (Lipinski definition) is 3. The van der Waals surface area contributed by atoms with Gasteiger partial charge in [0.05, 0.1) is 6.54 Å². The number of ether oxygens (including phenoxy) is 2. The number of nitrogens with one attached hydrogen (secondary N) is 2. The Hall–Kier alpha value is -2.67. The number of aliphatic imine (C=N–C) groups is 1. The molecule has 1 aromatic carbocycles. The van der Waals surface area contributed by atoms with Crippen LogP contribution < -0.4 is 20.1 Å². The summed E-state index contributed by atoms with van der Waals surface area (Å²) in [6, 6.07) is 7.84. The molecule has 0 aliphatic carbocycles. The normalized spacial score (nSPS) is 15.4. The fraction of sp³-hybridized carbons (Fsp3) is 0.476. The Morgan fingerprint density at radius 1 is 1.18 bits per heavy atom. The van der Waals surface area contributed by atoms with Gasteiger partial charge in [-0.3, -0.25) is 0 Å². The molecule has 3 N–H and O–H groups in total. The fourth-order valence-electron chi connectivity index (χ4n) is 3.25. The summed E-state index contributed by atoms with van der Waals surface area (Å²) in [5, 5.41) is 17.4. The second kappa shape index (κ2) is 8.56. The third-order valence-electron chi connectivity index (χ3n) is 4.65. The summed E-state index contributed by atoms with van der Waals surface area (Å²) in [7, 11) is 0. The Balaban J connectivity index is 1.58. The van der Waals surface area contributed by atoms with E-state index in [4.69, 9.17) is 13.9 Å². The van der Waals surface area contributed by atoms with Crippen molar-refractivity contribution in [2.45, 2.75) is 39.7 Å². The van der Waals surface area contributed by atoms with Crippen LogP contribution in [0.1, 0.15) is 36.5 Å². The second-order valence-electron chi connectivity index (χ2n) is 7.16. The van der Waals surface area contributed by atoms with Gasteiger partial charge >= 0.3 is 0 Å². The molecule has 0 bridgehead atoms. The van der Waals surface area contributed by atoms with E-state index in [0.717, 1.165) is 47.1 Å². The largest absolute Gasteiger partial charge is 0.466 e. The van der Waals surface area contributed by atoms with Crippen molar-refractivity contribution >= 4 is 5.96 Å². The van der Waals surface area contributed by atoms with Gasteiger partial charge in [0.2, 0.25) is 6.79 Å². The number of rotatable bonds is 7. The van der Waals surface area contributed by atoms with E-state index in [1.165, 1.54) is 0 Å². The lowest BCUT2D eigenvalue weighted by atomic mass is 9.96. The first-order valence-electron chi connectivity index (χ1n) is 9.59. The lowest BCUT2D eigenvalue weighted by Crippen LogP contribution is -2.39. The maximum Gasteiger partial charge on any atom is 0.231 e. The van der Waals surface area contributed by atoms with Crippen LogP contribution in [0.2, 0.25) is 0 Å². The highest BCUT2D eigenvalue weighted by Crippen LogP contribution is 2.32. The zero-order chi connectivity index (χ0) is 20.1. The van der Waals surface area contributed by atoms with E-state index >= 15 is 0 Å². The number of nitrogens with zero attached hydrogens (tertiary/aromatic N) is 1. The molecule has 7 heteroatoms. The Morgan fingerprint density at radius 2 is 1.96 bits per heavy atom. The number of benzene rings is 1. The monoisotopic (exact) mass is 387 g/mol. The minimum Gasteiger partial charge on any atom is -0.466 e. The first kappa shape index (κ1) is 20.1. The average Bonchev–Trinajstić information content (AvgIpc) is 3.25. The number of hydrogen-bond acceptors (Lipinski definition) is 5. The third-order valence-corrected chi connectivity index (χ3v) is 4.65. The van der Waals surface area contributed by atoms with E-state index in [2.05, 4.69) is 15.6 Å². The highest BCUT2D eigenvalue weighted by molar-refractivity contribution is 5.79. The van der Waals surface area contributed by atoms with E-state index in [-0.39, 0.29) is 13.3 Å². The van der Waals surface area contributed by atoms with Gasteiger partial charge in [-0.05, 0) is 57.9 Å². The molecular weight excluding hydrogens is 358 g/mol. The summed E-state index contributed by atoms with van der Waals surface area (Å²) in [6.07, 6.45) is 0.817. The van der Waals surface area contributed by atoms with Crippen LogP contribution in [-0.2, 0) is 12.0 Å². The maximum atomic E-state index is 10.8. The Morgan fingerprint density at radius 3 is 2.68 bits per heavy atom. The van der Waals surface area contributed by atoms with Crippen LogP contribution in [0, 0.1) is 13.8 Å². The Kier molecular flexibility index (Phi) is 6.14. The molecule has 28 heavy (non-hydrogen) atoms. The predicted octanol–water partition coefficient (Wildman–Crippen LogP) is 2.63. The minimum absolute atomic E-state index is 0.228. The van der Waals surface area contributed by atoms with Crippen molar-refractivity contribution in [2.75, 3.05) is 26.4 Å². The highest BCUT2D eigenvalue weighted by Gasteiger charge is 2.27. The van der Waals surface area contributed by atoms with Crippen molar-refractivity contribution in [3.05, 3.63) is 46.9 Å². The molecule has 7 nitrogen and oxygen atoms in total. The predicted molar refractivity (Wildman–Crippen MR) is 108 cm³/mol. The van der Waals surface area contributed by atoms with E-state index in [0.29, 0.717) is 12.5 Å². The SMILES string of the molecule is CCNC(=NCC(C)(O)c1cc(C)oc1C)NCCc1ccc2c(c1)OCO2. The van der Waals surface area contributed by atoms with Crippen molar-refractivity contribution in [1.82, 2.24) is 10.6 Å². The van der Waals surface area contributed by atoms with Crippen LogP contribution in [0.4, 0.5) is 0 Å². The van der Waals surface area contributed by atoms with Gasteiger partial charge in [0.25, 0.3) is 0 Å². The summed E-state index contributed by atoms with van der Waals surface area (Å²) in [5.74, 6) is 3.75. The standard InChI is InChI=1S/C21H29N3O4/c1-5-22-20(24-12-21(4,25)17-10-14(2)28-15(17)3)23-9-8-16-6-7-18-19(11-16)27-13-26-18/h6-7,10-11,25H,5,8-9,12-13H2,1-4H3,(H2,22,23,24). The van der Waals surface area contributed by atoms with Crippen LogP contribution in [0.25, 0.3) is 0 Å². The van der Waals surface area contributed by atoms with Gasteiger partial charge in [0, 0.05) is 18.7 Å². The van der Waals surface area contributed by atoms with Crippen LogP contribution in [0.5, 0.6) is 11.5 Å². The topological polar surface area (TPSA) is 88.3 Å². The molecule has 0 amide bonds. The molecule has 1 aromatic heterocycles. The van der Waals surface area contributed by atoms with Gasteiger partial charge in [0.1, 0.15) is 17.1 Å². The summed E-state index contributed by atoms with van der Waals surface area (Å²) in [5.41, 5.74) is 0.829. The van der Waals surface area contributed by atoms with Gasteiger partial charge in [-0.1, -0.05) is 6.07 Å². The summed E-state index contributed by atoms with van der Waals surface area (Å²) < 4.78 is 16.3. The summed E-state index contributed by atoms with van der Waals surface area (Å²) >= 11 is 0. The maximum absolute atomic E-state index is 10.8. The van der Waals surface area contributed by atoms with E-state index < -0.39 is 5.60 Å². The fourth-order valence-corrected chi connectivity index (χ4v) is 3.25. The van der Waals surface area contributed by atoms with E-state index in [1.54, 1.807) is 6.92 Å². The van der Waals surface area contributed by atoms with Crippen molar-refractivity contribution in [3.63, 3.8) is 0 Å². The molecular formula is C21H29N3O4. The van der Waals surface area contributed by atoms with Crippen molar-refractivity contribution in [2.24, 2.45) is 4.99 Å². The molecule has 0 radical (unpaired) electrons. The van der Waals surface area contributed by atoms with Crippen LogP contribution in [-0.4, -0.2) is 37.5 Å². The van der Waals surface area contributed by atoms with Gasteiger partial charge in [-0.2, -0.15) is 0 Å². The zero-order valence-electron chi connectivity index (χ0n) is 17.0. The zero-order valence-corrected chi connectivity index (χ0v) is 17.0. The summed E-state index contributed by atoms with van der Waals surface area (Å²) in [4.78, 5) is 4.56. The molecule has 3 rings (SSSR count). The van der Waals surface area contributed by atoms with Crippen LogP contribution in [0.15, 0.2) is 33.7 Å². The Labute approximate surface area is 165 Å². The quantitative estimate of drug-likeness (QED) is 0.500. The smallest absolute Gasteiger partial charge is 0.231 e. The first-order valence-corrected chi connectivity index (χ1v) is 9.59. The van der Waals surface area contributed by atoms with Crippen molar-refractivity contribution < 1.29 is 19.0 Å². The number of furan rings is 1.